The fraction of sp³-hybridized carbons (Fsp3) is 0.167. The summed E-state index contributed by atoms with van der Waals surface area (Å²) in [7, 11) is 0. The Balaban J connectivity index is 2.08. The molecule has 1 aromatic carbocycles. The second-order valence-corrected chi connectivity index (χ2v) is 3.72. The van der Waals surface area contributed by atoms with Gasteiger partial charge in [0.25, 0.3) is 0 Å². The maximum atomic E-state index is 11.7. The molecule has 0 atom stereocenters. The van der Waals surface area contributed by atoms with Crippen molar-refractivity contribution in [2.24, 2.45) is 0 Å². The van der Waals surface area contributed by atoms with Crippen molar-refractivity contribution < 1.29 is 9.32 Å². The van der Waals surface area contributed by atoms with Gasteiger partial charge >= 0.3 is 6.03 Å². The van der Waals surface area contributed by atoms with E-state index in [9.17, 15) is 4.79 Å². The molecule has 5 heteroatoms. The van der Waals surface area contributed by atoms with Gasteiger partial charge in [-0.15, -0.1) is 0 Å². The zero-order chi connectivity index (χ0) is 12.3. The van der Waals surface area contributed by atoms with Crippen molar-refractivity contribution in [3.05, 3.63) is 41.6 Å². The Bertz CT molecular complexity index is 500. The topological polar surface area (TPSA) is 67.2 Å². The third-order valence-corrected chi connectivity index (χ3v) is 2.39. The van der Waals surface area contributed by atoms with Crippen LogP contribution in [0.15, 0.2) is 35.0 Å². The maximum absolute atomic E-state index is 11.7. The first-order valence-corrected chi connectivity index (χ1v) is 5.22. The van der Waals surface area contributed by atoms with Crippen LogP contribution < -0.4 is 10.6 Å². The van der Waals surface area contributed by atoms with Crippen LogP contribution in [0.1, 0.15) is 11.1 Å². The summed E-state index contributed by atoms with van der Waals surface area (Å²) in [5.41, 5.74) is 2.83. The molecule has 0 saturated carbocycles. The maximum Gasteiger partial charge on any atom is 0.326 e. The van der Waals surface area contributed by atoms with Crippen LogP contribution in [0.2, 0.25) is 0 Å². The van der Waals surface area contributed by atoms with Crippen LogP contribution >= 0.6 is 0 Å². The number of hydrogen-bond acceptors (Lipinski definition) is 3. The number of carbonyl (C=O) groups excluding carboxylic acids is 1. The lowest BCUT2D eigenvalue weighted by Crippen LogP contribution is -2.20. The fourth-order valence-electron chi connectivity index (χ4n) is 1.55. The van der Waals surface area contributed by atoms with Crippen molar-refractivity contribution in [1.29, 1.82) is 0 Å². The molecule has 0 aliphatic rings. The number of amides is 2. The van der Waals surface area contributed by atoms with E-state index in [2.05, 4.69) is 15.8 Å². The summed E-state index contributed by atoms with van der Waals surface area (Å²) < 4.78 is 4.78. The number of carbonyl (C=O) groups is 1. The molecule has 0 aliphatic carbocycles. The number of benzene rings is 1. The van der Waals surface area contributed by atoms with E-state index >= 15 is 0 Å². The molecule has 1 aromatic heterocycles. The van der Waals surface area contributed by atoms with Gasteiger partial charge in [-0.3, -0.25) is 5.32 Å². The van der Waals surface area contributed by atoms with Crippen molar-refractivity contribution in [2.45, 2.75) is 13.8 Å². The Morgan fingerprint density at radius 1 is 1.18 bits per heavy atom. The molecule has 17 heavy (non-hydrogen) atoms. The van der Waals surface area contributed by atoms with Crippen LogP contribution in [0.3, 0.4) is 0 Å². The summed E-state index contributed by atoms with van der Waals surface area (Å²) >= 11 is 0. The van der Waals surface area contributed by atoms with Crippen molar-refractivity contribution in [2.75, 3.05) is 10.6 Å². The molecule has 2 rings (SSSR count). The number of aryl methyl sites for hydroxylation is 2. The van der Waals surface area contributed by atoms with Crippen molar-refractivity contribution >= 4 is 17.6 Å². The molecule has 2 N–H and O–H groups in total. The number of aromatic nitrogens is 1. The van der Waals surface area contributed by atoms with Crippen LogP contribution in [-0.4, -0.2) is 11.2 Å². The lowest BCUT2D eigenvalue weighted by atomic mass is 10.1. The summed E-state index contributed by atoms with van der Waals surface area (Å²) in [6.45, 7) is 3.88. The summed E-state index contributed by atoms with van der Waals surface area (Å²) in [4.78, 5) is 11.7. The number of anilines is 2. The molecule has 1 heterocycles. The monoisotopic (exact) mass is 231 g/mol. The highest BCUT2D eigenvalue weighted by molar-refractivity contribution is 5.99. The van der Waals surface area contributed by atoms with Gasteiger partial charge in [-0.05, 0) is 25.0 Å². The largest absolute Gasteiger partial charge is 0.338 e. The van der Waals surface area contributed by atoms with E-state index in [0.29, 0.717) is 5.88 Å². The number of urea groups is 1. The van der Waals surface area contributed by atoms with Crippen molar-refractivity contribution in [3.8, 4) is 0 Å². The van der Waals surface area contributed by atoms with Crippen LogP contribution in [0.25, 0.3) is 0 Å². The normalized spacial score (nSPS) is 10.0. The number of nitrogens with one attached hydrogen (secondary N) is 2. The van der Waals surface area contributed by atoms with Crippen LogP contribution in [0.4, 0.5) is 16.4 Å². The zero-order valence-corrected chi connectivity index (χ0v) is 9.65. The number of rotatable bonds is 2. The average molecular weight is 231 g/mol. The van der Waals surface area contributed by atoms with Gasteiger partial charge in [0, 0.05) is 11.8 Å². The Morgan fingerprint density at radius 2 is 1.88 bits per heavy atom. The summed E-state index contributed by atoms with van der Waals surface area (Å²) in [6.07, 6.45) is 1.47. The van der Waals surface area contributed by atoms with E-state index in [4.69, 9.17) is 4.52 Å². The van der Waals surface area contributed by atoms with Gasteiger partial charge < -0.3 is 9.84 Å². The molecule has 0 bridgehead atoms. The van der Waals surface area contributed by atoms with Crippen molar-refractivity contribution in [1.82, 2.24) is 5.16 Å². The lowest BCUT2D eigenvalue weighted by Gasteiger charge is -2.10. The Hall–Kier alpha value is -2.30. The minimum absolute atomic E-state index is 0.314. The Morgan fingerprint density at radius 3 is 2.47 bits per heavy atom. The highest BCUT2D eigenvalue weighted by atomic mass is 16.5. The molecule has 0 spiro atoms. The second-order valence-electron chi connectivity index (χ2n) is 3.72. The standard InChI is InChI=1S/C12H13N3O2/c1-8-4-3-5-9(2)11(8)15-12(16)14-10-6-7-13-17-10/h3-7H,1-2H3,(H2,14,15,16). The number of para-hydroxylation sites is 1. The van der Waals surface area contributed by atoms with E-state index in [0.717, 1.165) is 16.8 Å². The first-order valence-electron chi connectivity index (χ1n) is 5.22. The molecule has 2 aromatic rings. The molecular weight excluding hydrogens is 218 g/mol. The third kappa shape index (κ3) is 2.63. The molecule has 2 amide bonds. The molecule has 0 radical (unpaired) electrons. The van der Waals surface area contributed by atoms with Gasteiger partial charge in [0.15, 0.2) is 0 Å². The molecule has 0 aliphatic heterocycles. The third-order valence-electron chi connectivity index (χ3n) is 2.39. The van der Waals surface area contributed by atoms with Crippen molar-refractivity contribution in [3.63, 3.8) is 0 Å². The van der Waals surface area contributed by atoms with Gasteiger partial charge in [-0.1, -0.05) is 23.4 Å². The lowest BCUT2D eigenvalue weighted by molar-refractivity contribution is 0.261. The van der Waals surface area contributed by atoms with E-state index in [-0.39, 0.29) is 6.03 Å². The summed E-state index contributed by atoms with van der Waals surface area (Å²) in [6, 6.07) is 7.06. The van der Waals surface area contributed by atoms with E-state index < -0.39 is 0 Å². The minimum atomic E-state index is -0.348. The van der Waals surface area contributed by atoms with Crippen LogP contribution in [0, 0.1) is 13.8 Å². The van der Waals surface area contributed by atoms with Crippen LogP contribution in [0.5, 0.6) is 0 Å². The first-order chi connectivity index (χ1) is 8.16. The van der Waals surface area contributed by atoms with Gasteiger partial charge in [0.05, 0.1) is 6.20 Å². The molecule has 5 nitrogen and oxygen atoms in total. The fourth-order valence-corrected chi connectivity index (χ4v) is 1.55. The predicted molar refractivity (Wildman–Crippen MR) is 65.1 cm³/mol. The van der Waals surface area contributed by atoms with Gasteiger partial charge in [0.2, 0.25) is 5.88 Å². The van der Waals surface area contributed by atoms with E-state index in [1.165, 1.54) is 6.20 Å². The highest BCUT2D eigenvalue weighted by Gasteiger charge is 2.08. The van der Waals surface area contributed by atoms with Crippen LogP contribution in [-0.2, 0) is 0 Å². The van der Waals surface area contributed by atoms with Gasteiger partial charge in [-0.25, -0.2) is 4.79 Å². The molecule has 0 saturated heterocycles. The predicted octanol–water partition coefficient (Wildman–Crippen LogP) is 2.94. The molecule has 88 valence electrons. The molecule has 0 fully saturated rings. The zero-order valence-electron chi connectivity index (χ0n) is 9.65. The molecular formula is C12H13N3O2. The quantitative estimate of drug-likeness (QED) is 0.835. The molecule has 0 unspecified atom stereocenters. The minimum Gasteiger partial charge on any atom is -0.338 e. The average Bonchev–Trinajstić information content (AvgIpc) is 2.76. The first kappa shape index (κ1) is 11.2. The smallest absolute Gasteiger partial charge is 0.326 e. The Labute approximate surface area is 98.8 Å². The second kappa shape index (κ2) is 4.69. The Kier molecular flexibility index (Phi) is 3.09. The summed E-state index contributed by atoms with van der Waals surface area (Å²) in [5.74, 6) is 0.314. The number of nitrogens with zero attached hydrogens (tertiary/aromatic N) is 1. The highest BCUT2D eigenvalue weighted by Crippen LogP contribution is 2.19. The SMILES string of the molecule is Cc1cccc(C)c1NC(=O)Nc1ccno1. The van der Waals surface area contributed by atoms with E-state index in [1.54, 1.807) is 6.07 Å². The van der Waals surface area contributed by atoms with E-state index in [1.807, 2.05) is 32.0 Å². The number of hydrogen-bond donors (Lipinski definition) is 2. The van der Waals surface area contributed by atoms with Gasteiger partial charge in [-0.2, -0.15) is 0 Å². The van der Waals surface area contributed by atoms with Gasteiger partial charge in [0.1, 0.15) is 0 Å². The summed E-state index contributed by atoms with van der Waals surface area (Å²) in [5, 5.41) is 8.82.